The van der Waals surface area contributed by atoms with Crippen LogP contribution in [0.2, 0.25) is 0 Å². The molecular weight excluding hydrogens is 122 g/mol. The molecule has 3 nitrogen and oxygen atoms in total. The van der Waals surface area contributed by atoms with Crippen molar-refractivity contribution in [2.45, 2.75) is 5.25 Å². The van der Waals surface area contributed by atoms with Gasteiger partial charge in [-0.3, -0.25) is 10.9 Å². The summed E-state index contributed by atoms with van der Waals surface area (Å²) in [6.45, 7) is 1.80. The Balaban J connectivity index is 2.17. The molecule has 4 heteroatoms. The standard InChI is InChI=1S/C4H7N3S/c5-3-8-4-1-6-7-2-4/h4,6-7H,1-2H2. The topological polar surface area (TPSA) is 47.9 Å². The van der Waals surface area contributed by atoms with Crippen LogP contribution in [0.3, 0.4) is 0 Å². The van der Waals surface area contributed by atoms with Crippen LogP contribution in [0.4, 0.5) is 0 Å². The molecule has 1 saturated heterocycles. The molecule has 0 unspecified atom stereocenters. The van der Waals surface area contributed by atoms with Crippen LogP contribution in [0.15, 0.2) is 0 Å². The van der Waals surface area contributed by atoms with E-state index in [9.17, 15) is 0 Å². The number of nitriles is 1. The molecule has 0 aromatic heterocycles. The molecule has 0 spiro atoms. The molecule has 0 amide bonds. The highest BCUT2D eigenvalue weighted by molar-refractivity contribution is 8.04. The Kier molecular flexibility index (Phi) is 2.15. The SMILES string of the molecule is N#CSC1CNNC1. The van der Waals surface area contributed by atoms with Crippen LogP contribution in [0, 0.1) is 10.7 Å². The smallest absolute Gasteiger partial charge is 0.133 e. The third-order valence-electron chi connectivity index (χ3n) is 1.00. The molecule has 1 rings (SSSR count). The van der Waals surface area contributed by atoms with E-state index in [1.807, 2.05) is 5.40 Å². The summed E-state index contributed by atoms with van der Waals surface area (Å²) in [6, 6.07) is 0. The fraction of sp³-hybridized carbons (Fsp3) is 0.750. The van der Waals surface area contributed by atoms with E-state index < -0.39 is 0 Å². The van der Waals surface area contributed by atoms with Crippen molar-refractivity contribution in [1.29, 1.82) is 5.26 Å². The summed E-state index contributed by atoms with van der Waals surface area (Å²) in [6.07, 6.45) is 0. The van der Waals surface area contributed by atoms with Crippen molar-refractivity contribution >= 4 is 11.8 Å². The lowest BCUT2D eigenvalue weighted by Gasteiger charge is -1.94. The van der Waals surface area contributed by atoms with Crippen LogP contribution in [0.1, 0.15) is 0 Å². The molecule has 1 fully saturated rings. The van der Waals surface area contributed by atoms with Crippen LogP contribution in [-0.4, -0.2) is 18.3 Å². The molecule has 1 heterocycles. The predicted octanol–water partition coefficient (Wildman–Crippen LogP) is -0.323. The highest BCUT2D eigenvalue weighted by Gasteiger charge is 2.13. The van der Waals surface area contributed by atoms with Crippen LogP contribution < -0.4 is 10.9 Å². The first-order chi connectivity index (χ1) is 3.93. The maximum absolute atomic E-state index is 8.18. The van der Waals surface area contributed by atoms with E-state index in [1.165, 1.54) is 11.8 Å². The van der Waals surface area contributed by atoms with Crippen molar-refractivity contribution in [3.8, 4) is 5.40 Å². The second kappa shape index (κ2) is 2.92. The summed E-state index contributed by atoms with van der Waals surface area (Å²) in [4.78, 5) is 0. The summed E-state index contributed by atoms with van der Waals surface area (Å²) >= 11 is 1.32. The zero-order chi connectivity index (χ0) is 5.82. The van der Waals surface area contributed by atoms with Crippen molar-refractivity contribution in [2.75, 3.05) is 13.1 Å². The van der Waals surface area contributed by atoms with Gasteiger partial charge in [0.2, 0.25) is 0 Å². The van der Waals surface area contributed by atoms with Gasteiger partial charge in [-0.15, -0.1) is 0 Å². The summed E-state index contributed by atoms with van der Waals surface area (Å²) in [7, 11) is 0. The number of hydrogen-bond acceptors (Lipinski definition) is 4. The van der Waals surface area contributed by atoms with E-state index in [-0.39, 0.29) is 0 Å². The minimum atomic E-state index is 0.444. The van der Waals surface area contributed by atoms with Crippen molar-refractivity contribution in [3.63, 3.8) is 0 Å². The molecule has 0 aromatic rings. The Morgan fingerprint density at radius 3 is 2.62 bits per heavy atom. The fourth-order valence-electron chi connectivity index (χ4n) is 0.602. The van der Waals surface area contributed by atoms with Gasteiger partial charge in [0.25, 0.3) is 0 Å². The van der Waals surface area contributed by atoms with Crippen molar-refractivity contribution < 1.29 is 0 Å². The number of thioether (sulfide) groups is 1. The van der Waals surface area contributed by atoms with E-state index in [0.717, 1.165) is 13.1 Å². The Hall–Kier alpha value is -0.240. The number of hydrazine groups is 1. The van der Waals surface area contributed by atoms with E-state index in [1.54, 1.807) is 0 Å². The van der Waals surface area contributed by atoms with Gasteiger partial charge in [-0.1, -0.05) is 0 Å². The number of hydrogen-bond donors (Lipinski definition) is 2. The highest BCUT2D eigenvalue weighted by Crippen LogP contribution is 2.08. The molecule has 0 saturated carbocycles. The zero-order valence-electron chi connectivity index (χ0n) is 4.35. The minimum Gasteiger partial charge on any atom is -0.257 e. The first-order valence-electron chi connectivity index (χ1n) is 2.44. The minimum absolute atomic E-state index is 0.444. The summed E-state index contributed by atoms with van der Waals surface area (Å²) in [5.41, 5.74) is 5.87. The van der Waals surface area contributed by atoms with E-state index in [4.69, 9.17) is 5.26 Å². The van der Waals surface area contributed by atoms with Crippen LogP contribution in [0.25, 0.3) is 0 Å². The lowest BCUT2D eigenvalue weighted by Crippen LogP contribution is -2.21. The molecule has 0 radical (unpaired) electrons. The molecular formula is C4H7N3S. The van der Waals surface area contributed by atoms with Gasteiger partial charge in [-0.2, -0.15) is 5.26 Å². The number of nitrogens with one attached hydrogen (secondary N) is 2. The Morgan fingerprint density at radius 1 is 1.50 bits per heavy atom. The quantitative estimate of drug-likeness (QED) is 0.476. The van der Waals surface area contributed by atoms with E-state index >= 15 is 0 Å². The van der Waals surface area contributed by atoms with Gasteiger partial charge in [-0.25, -0.2) is 0 Å². The van der Waals surface area contributed by atoms with Crippen LogP contribution in [-0.2, 0) is 0 Å². The average Bonchev–Trinajstić information content (AvgIpc) is 2.19. The van der Waals surface area contributed by atoms with Crippen LogP contribution >= 0.6 is 11.8 Å². The number of nitrogens with zero attached hydrogens (tertiary/aromatic N) is 1. The molecule has 0 atom stereocenters. The van der Waals surface area contributed by atoms with Crippen molar-refractivity contribution in [2.24, 2.45) is 0 Å². The molecule has 1 aliphatic heterocycles. The number of thiocyanates is 1. The van der Waals surface area contributed by atoms with E-state index in [0.29, 0.717) is 5.25 Å². The molecule has 44 valence electrons. The maximum atomic E-state index is 8.18. The normalized spacial score (nSPS) is 20.9. The van der Waals surface area contributed by atoms with Crippen molar-refractivity contribution in [3.05, 3.63) is 0 Å². The first kappa shape index (κ1) is 5.89. The Bertz CT molecular complexity index is 102. The van der Waals surface area contributed by atoms with E-state index in [2.05, 4.69) is 10.9 Å². The fourth-order valence-corrected chi connectivity index (χ4v) is 1.08. The molecule has 0 aromatic carbocycles. The molecule has 1 aliphatic rings. The molecule has 2 N–H and O–H groups in total. The zero-order valence-corrected chi connectivity index (χ0v) is 5.16. The predicted molar refractivity (Wildman–Crippen MR) is 33.0 cm³/mol. The summed E-state index contributed by atoms with van der Waals surface area (Å²) < 4.78 is 0. The third kappa shape index (κ3) is 1.37. The van der Waals surface area contributed by atoms with Gasteiger partial charge >= 0.3 is 0 Å². The van der Waals surface area contributed by atoms with Gasteiger partial charge in [0.05, 0.1) is 0 Å². The van der Waals surface area contributed by atoms with Gasteiger partial charge in [-0.05, 0) is 11.8 Å². The Morgan fingerprint density at radius 2 is 2.12 bits per heavy atom. The largest absolute Gasteiger partial charge is 0.257 e. The molecule has 0 bridgehead atoms. The lowest BCUT2D eigenvalue weighted by atomic mass is 10.5. The number of rotatable bonds is 1. The Labute approximate surface area is 52.4 Å². The lowest BCUT2D eigenvalue weighted by molar-refractivity contribution is 0.689. The summed E-state index contributed by atoms with van der Waals surface area (Å²) in [5, 5.41) is 10.7. The second-order valence-corrected chi connectivity index (χ2v) is 2.68. The van der Waals surface area contributed by atoms with Gasteiger partial charge < -0.3 is 0 Å². The van der Waals surface area contributed by atoms with Gasteiger partial charge in [0.15, 0.2) is 0 Å². The average molecular weight is 129 g/mol. The second-order valence-electron chi connectivity index (χ2n) is 1.59. The first-order valence-corrected chi connectivity index (χ1v) is 3.32. The summed E-state index contributed by atoms with van der Waals surface area (Å²) in [5.74, 6) is 0. The van der Waals surface area contributed by atoms with Gasteiger partial charge in [0, 0.05) is 18.3 Å². The maximum Gasteiger partial charge on any atom is 0.133 e. The van der Waals surface area contributed by atoms with Gasteiger partial charge in [0.1, 0.15) is 5.40 Å². The molecule has 8 heavy (non-hydrogen) atoms. The third-order valence-corrected chi connectivity index (χ3v) is 1.78. The van der Waals surface area contributed by atoms with Crippen LogP contribution in [0.5, 0.6) is 0 Å². The molecule has 0 aliphatic carbocycles. The monoisotopic (exact) mass is 129 g/mol. The highest BCUT2D eigenvalue weighted by atomic mass is 32.2. The van der Waals surface area contributed by atoms with Crippen molar-refractivity contribution in [1.82, 2.24) is 10.9 Å².